The lowest BCUT2D eigenvalue weighted by Crippen LogP contribution is -2.32. The number of carboxylic acid groups (broad SMARTS) is 1. The molecule has 1 rings (SSSR count). The smallest absolute Gasteiger partial charge is 0.320 e. The number of hydrogen-bond acceptors (Lipinski definition) is 2. The van der Waals surface area contributed by atoms with Gasteiger partial charge in [-0.25, -0.2) is 4.39 Å². The standard InChI is InChI=1S/C9H9ClFNO2.ClH/c10-6-3-5(1-2-7(6)11)4-8(12)9(13)14;/h1-3,8H,4,12H2,(H,13,14);1H/t8-;/m1./s1. The monoisotopic (exact) mass is 253 g/mol. The summed E-state index contributed by atoms with van der Waals surface area (Å²) >= 11 is 5.51. The predicted molar refractivity (Wildman–Crippen MR) is 58.0 cm³/mol. The molecule has 0 unspecified atom stereocenters. The van der Waals surface area contributed by atoms with Crippen LogP contribution in [0.15, 0.2) is 18.2 Å². The minimum Gasteiger partial charge on any atom is -0.480 e. The van der Waals surface area contributed by atoms with Crippen molar-refractivity contribution in [1.82, 2.24) is 0 Å². The maximum absolute atomic E-state index is 12.7. The van der Waals surface area contributed by atoms with Gasteiger partial charge in [-0.15, -0.1) is 12.4 Å². The molecule has 84 valence electrons. The van der Waals surface area contributed by atoms with E-state index in [2.05, 4.69) is 0 Å². The second-order valence-corrected chi connectivity index (χ2v) is 3.30. The van der Waals surface area contributed by atoms with Crippen LogP contribution in [-0.2, 0) is 11.2 Å². The van der Waals surface area contributed by atoms with E-state index in [0.717, 1.165) is 0 Å². The largest absolute Gasteiger partial charge is 0.480 e. The number of carboxylic acids is 1. The van der Waals surface area contributed by atoms with Crippen LogP contribution in [0.5, 0.6) is 0 Å². The Morgan fingerprint density at radius 2 is 2.20 bits per heavy atom. The maximum atomic E-state index is 12.7. The van der Waals surface area contributed by atoms with Gasteiger partial charge in [-0.05, 0) is 24.1 Å². The molecule has 15 heavy (non-hydrogen) atoms. The molecule has 6 heteroatoms. The minimum atomic E-state index is -1.09. The van der Waals surface area contributed by atoms with Crippen molar-refractivity contribution < 1.29 is 14.3 Å². The number of rotatable bonds is 3. The number of halogens is 3. The summed E-state index contributed by atoms with van der Waals surface area (Å²) in [6, 6.07) is 3.03. The lowest BCUT2D eigenvalue weighted by atomic mass is 10.1. The summed E-state index contributed by atoms with van der Waals surface area (Å²) in [5.41, 5.74) is 5.90. The Morgan fingerprint density at radius 1 is 1.60 bits per heavy atom. The van der Waals surface area contributed by atoms with E-state index in [1.807, 2.05) is 0 Å². The third-order valence-electron chi connectivity index (χ3n) is 1.76. The molecule has 0 amide bonds. The van der Waals surface area contributed by atoms with Crippen LogP contribution >= 0.6 is 24.0 Å². The van der Waals surface area contributed by atoms with E-state index >= 15 is 0 Å². The van der Waals surface area contributed by atoms with Crippen LogP contribution in [0.1, 0.15) is 5.56 Å². The molecule has 1 aromatic rings. The average Bonchev–Trinajstić information content (AvgIpc) is 2.11. The molecule has 1 aromatic carbocycles. The molecule has 0 fully saturated rings. The molecule has 0 heterocycles. The van der Waals surface area contributed by atoms with Crippen LogP contribution in [0.4, 0.5) is 4.39 Å². The Labute approximate surface area is 97.4 Å². The summed E-state index contributed by atoms with van der Waals surface area (Å²) in [7, 11) is 0. The molecule has 0 saturated carbocycles. The van der Waals surface area contributed by atoms with Gasteiger partial charge in [0.25, 0.3) is 0 Å². The highest BCUT2D eigenvalue weighted by Crippen LogP contribution is 2.16. The van der Waals surface area contributed by atoms with Gasteiger partial charge < -0.3 is 10.8 Å². The van der Waals surface area contributed by atoms with Crippen molar-refractivity contribution in [3.05, 3.63) is 34.6 Å². The Balaban J connectivity index is 0.00000196. The van der Waals surface area contributed by atoms with Crippen molar-refractivity contribution in [2.24, 2.45) is 5.73 Å². The van der Waals surface area contributed by atoms with Crippen molar-refractivity contribution in [1.29, 1.82) is 0 Å². The molecular formula is C9H10Cl2FNO2. The van der Waals surface area contributed by atoms with E-state index in [0.29, 0.717) is 5.56 Å². The van der Waals surface area contributed by atoms with Crippen LogP contribution < -0.4 is 5.73 Å². The fraction of sp³-hybridized carbons (Fsp3) is 0.222. The quantitative estimate of drug-likeness (QED) is 0.865. The molecule has 0 saturated heterocycles. The van der Waals surface area contributed by atoms with Gasteiger partial charge in [-0.2, -0.15) is 0 Å². The predicted octanol–water partition coefficient (Wildman–Crippen LogP) is 1.86. The van der Waals surface area contributed by atoms with Crippen LogP contribution in [0, 0.1) is 5.82 Å². The summed E-state index contributed by atoms with van der Waals surface area (Å²) < 4.78 is 12.7. The first-order valence-corrected chi connectivity index (χ1v) is 4.31. The van der Waals surface area contributed by atoms with Crippen molar-refractivity contribution >= 4 is 30.0 Å². The normalized spacial score (nSPS) is 11.7. The van der Waals surface area contributed by atoms with Crippen LogP contribution in [0.25, 0.3) is 0 Å². The van der Waals surface area contributed by atoms with Crippen molar-refractivity contribution in [3.8, 4) is 0 Å². The molecule has 3 nitrogen and oxygen atoms in total. The molecule has 0 aromatic heterocycles. The highest BCUT2D eigenvalue weighted by Gasteiger charge is 2.12. The van der Waals surface area contributed by atoms with E-state index in [4.69, 9.17) is 22.4 Å². The van der Waals surface area contributed by atoms with E-state index in [-0.39, 0.29) is 23.9 Å². The zero-order valence-electron chi connectivity index (χ0n) is 7.61. The summed E-state index contributed by atoms with van der Waals surface area (Å²) in [6.45, 7) is 0. The van der Waals surface area contributed by atoms with Gasteiger partial charge in [0.15, 0.2) is 0 Å². The zero-order chi connectivity index (χ0) is 10.7. The molecule has 0 radical (unpaired) electrons. The molecule has 1 atom stereocenters. The number of aliphatic carboxylic acids is 1. The topological polar surface area (TPSA) is 63.3 Å². The SMILES string of the molecule is Cl.N[C@H](Cc1ccc(F)c(Cl)c1)C(=O)O. The number of nitrogens with two attached hydrogens (primary N) is 1. The Morgan fingerprint density at radius 3 is 2.67 bits per heavy atom. The Kier molecular flexibility index (Phi) is 5.57. The number of hydrogen-bond donors (Lipinski definition) is 2. The van der Waals surface area contributed by atoms with Gasteiger partial charge in [0.2, 0.25) is 0 Å². The molecule has 0 aliphatic heterocycles. The van der Waals surface area contributed by atoms with Gasteiger partial charge in [0.05, 0.1) is 5.02 Å². The molecule has 0 bridgehead atoms. The Hall–Kier alpha value is -0.840. The van der Waals surface area contributed by atoms with Gasteiger partial charge in [-0.1, -0.05) is 17.7 Å². The second-order valence-electron chi connectivity index (χ2n) is 2.90. The first-order valence-electron chi connectivity index (χ1n) is 3.93. The van der Waals surface area contributed by atoms with Crippen LogP contribution in [-0.4, -0.2) is 17.1 Å². The van der Waals surface area contributed by atoms with Crippen molar-refractivity contribution in [3.63, 3.8) is 0 Å². The number of benzene rings is 1. The molecule has 0 aliphatic rings. The third-order valence-corrected chi connectivity index (χ3v) is 2.05. The van der Waals surface area contributed by atoms with Crippen LogP contribution in [0.3, 0.4) is 0 Å². The lowest BCUT2D eigenvalue weighted by molar-refractivity contribution is -0.138. The lowest BCUT2D eigenvalue weighted by Gasteiger charge is -2.06. The minimum absolute atomic E-state index is 0. The zero-order valence-corrected chi connectivity index (χ0v) is 9.19. The first kappa shape index (κ1) is 14.2. The van der Waals surface area contributed by atoms with Crippen LogP contribution in [0.2, 0.25) is 5.02 Å². The van der Waals surface area contributed by atoms with Crippen molar-refractivity contribution in [2.75, 3.05) is 0 Å². The second kappa shape index (κ2) is 5.90. The van der Waals surface area contributed by atoms with E-state index in [1.165, 1.54) is 18.2 Å². The summed E-state index contributed by atoms with van der Waals surface area (Å²) in [4.78, 5) is 10.4. The Bertz CT molecular complexity index is 360. The van der Waals surface area contributed by atoms with Crippen molar-refractivity contribution in [2.45, 2.75) is 12.5 Å². The van der Waals surface area contributed by atoms with Gasteiger partial charge in [-0.3, -0.25) is 4.79 Å². The number of carbonyl (C=O) groups is 1. The van der Waals surface area contributed by atoms with Gasteiger partial charge in [0.1, 0.15) is 11.9 Å². The fourth-order valence-electron chi connectivity index (χ4n) is 1.01. The van der Waals surface area contributed by atoms with Gasteiger partial charge in [0, 0.05) is 0 Å². The van der Waals surface area contributed by atoms with Gasteiger partial charge >= 0.3 is 5.97 Å². The molecule has 3 N–H and O–H groups in total. The highest BCUT2D eigenvalue weighted by molar-refractivity contribution is 6.30. The first-order chi connectivity index (χ1) is 6.50. The van der Waals surface area contributed by atoms with E-state index in [1.54, 1.807) is 0 Å². The summed E-state index contributed by atoms with van der Waals surface area (Å²) in [5.74, 6) is -1.62. The fourth-order valence-corrected chi connectivity index (χ4v) is 1.21. The summed E-state index contributed by atoms with van der Waals surface area (Å²) in [6.07, 6.45) is 0.134. The molecule has 0 spiro atoms. The highest BCUT2D eigenvalue weighted by atomic mass is 35.5. The molecule has 0 aliphatic carbocycles. The van der Waals surface area contributed by atoms with E-state index in [9.17, 15) is 9.18 Å². The maximum Gasteiger partial charge on any atom is 0.320 e. The molecular weight excluding hydrogens is 244 g/mol. The average molecular weight is 254 g/mol. The third kappa shape index (κ3) is 4.03. The summed E-state index contributed by atoms with van der Waals surface area (Å²) in [5, 5.41) is 8.51. The van der Waals surface area contributed by atoms with E-state index < -0.39 is 17.8 Å².